The number of imidazole rings is 1. The number of aryl methyl sites for hydroxylation is 2. The molecule has 0 saturated carbocycles. The Balaban J connectivity index is 2.42. The van der Waals surface area contributed by atoms with E-state index in [-0.39, 0.29) is 0 Å². The zero-order valence-electron chi connectivity index (χ0n) is 10.5. The van der Waals surface area contributed by atoms with Crippen LogP contribution in [-0.4, -0.2) is 9.55 Å². The first-order valence-electron chi connectivity index (χ1n) is 6.08. The summed E-state index contributed by atoms with van der Waals surface area (Å²) in [5.74, 6) is 1.12. The summed E-state index contributed by atoms with van der Waals surface area (Å²) in [6.07, 6.45) is 6.00. The lowest BCUT2D eigenvalue weighted by atomic mass is 10.1. The normalized spacial score (nSPS) is 10.8. The molecule has 0 aliphatic carbocycles. The molecule has 2 aromatic rings. The Hall–Kier alpha value is -1.61. The second-order valence-corrected chi connectivity index (χ2v) is 4.29. The van der Waals surface area contributed by atoms with Crippen LogP contribution in [0.3, 0.4) is 0 Å². The minimum atomic E-state index is 0.590. The molecule has 0 atom stereocenters. The topological polar surface area (TPSA) is 43.8 Å². The fourth-order valence-corrected chi connectivity index (χ4v) is 2.08. The Bertz CT molecular complexity index is 500. The first-order valence-corrected chi connectivity index (χ1v) is 6.08. The fraction of sp³-hybridized carbons (Fsp3) is 0.357. The van der Waals surface area contributed by atoms with E-state index in [9.17, 15) is 0 Å². The summed E-state index contributed by atoms with van der Waals surface area (Å²) in [4.78, 5) is 4.40. The monoisotopic (exact) mass is 229 g/mol. The zero-order valence-corrected chi connectivity index (χ0v) is 10.5. The quantitative estimate of drug-likeness (QED) is 0.875. The molecule has 2 N–H and O–H groups in total. The van der Waals surface area contributed by atoms with Gasteiger partial charge in [-0.15, -0.1) is 0 Å². The van der Waals surface area contributed by atoms with E-state index in [1.807, 2.05) is 12.4 Å². The lowest BCUT2D eigenvalue weighted by Crippen LogP contribution is -2.04. The van der Waals surface area contributed by atoms with Crippen molar-refractivity contribution in [3.05, 3.63) is 47.5 Å². The van der Waals surface area contributed by atoms with E-state index in [0.29, 0.717) is 6.54 Å². The molecule has 3 nitrogen and oxygen atoms in total. The van der Waals surface area contributed by atoms with Gasteiger partial charge < -0.3 is 10.3 Å². The maximum absolute atomic E-state index is 5.65. The molecule has 0 bridgehead atoms. The van der Waals surface area contributed by atoms with Crippen molar-refractivity contribution in [2.24, 2.45) is 5.73 Å². The molecular weight excluding hydrogens is 210 g/mol. The van der Waals surface area contributed by atoms with Gasteiger partial charge in [0.15, 0.2) is 0 Å². The van der Waals surface area contributed by atoms with Crippen LogP contribution >= 0.6 is 0 Å². The van der Waals surface area contributed by atoms with Crippen LogP contribution in [0.1, 0.15) is 30.3 Å². The van der Waals surface area contributed by atoms with Crippen molar-refractivity contribution in [1.82, 2.24) is 9.55 Å². The van der Waals surface area contributed by atoms with E-state index in [1.165, 1.54) is 16.8 Å². The average molecular weight is 229 g/mol. The average Bonchev–Trinajstić information content (AvgIpc) is 2.77. The number of benzene rings is 1. The SMILES string of the molecule is CCCc1nccn1-c1ccc(CN)cc1C. The van der Waals surface area contributed by atoms with Gasteiger partial charge in [-0.2, -0.15) is 0 Å². The molecule has 1 heterocycles. The van der Waals surface area contributed by atoms with Gasteiger partial charge in [0.1, 0.15) is 5.82 Å². The molecule has 0 radical (unpaired) electrons. The molecule has 0 unspecified atom stereocenters. The Morgan fingerprint density at radius 2 is 2.18 bits per heavy atom. The highest BCUT2D eigenvalue weighted by atomic mass is 15.1. The molecule has 3 heteroatoms. The number of nitrogens with two attached hydrogens (primary N) is 1. The van der Waals surface area contributed by atoms with E-state index in [2.05, 4.69) is 41.6 Å². The van der Waals surface area contributed by atoms with Crippen molar-refractivity contribution in [3.8, 4) is 5.69 Å². The van der Waals surface area contributed by atoms with Crippen LogP contribution in [0.5, 0.6) is 0 Å². The van der Waals surface area contributed by atoms with Crippen molar-refractivity contribution in [2.45, 2.75) is 33.2 Å². The van der Waals surface area contributed by atoms with Gasteiger partial charge in [0, 0.05) is 31.0 Å². The molecule has 0 spiro atoms. The predicted molar refractivity (Wildman–Crippen MR) is 70.2 cm³/mol. The Morgan fingerprint density at radius 1 is 1.35 bits per heavy atom. The first-order chi connectivity index (χ1) is 8.26. The first kappa shape index (κ1) is 11.9. The maximum atomic E-state index is 5.65. The van der Waals surface area contributed by atoms with Gasteiger partial charge in [0.2, 0.25) is 0 Å². The molecule has 0 aliphatic heterocycles. The van der Waals surface area contributed by atoms with Gasteiger partial charge in [-0.25, -0.2) is 4.98 Å². The lowest BCUT2D eigenvalue weighted by molar-refractivity contribution is 0.806. The van der Waals surface area contributed by atoms with Crippen LogP contribution in [0.25, 0.3) is 5.69 Å². The second kappa shape index (κ2) is 5.15. The number of rotatable bonds is 4. The summed E-state index contributed by atoms with van der Waals surface area (Å²) < 4.78 is 2.17. The molecule has 2 rings (SSSR count). The molecule has 1 aromatic heterocycles. The highest BCUT2D eigenvalue weighted by molar-refractivity contribution is 5.43. The van der Waals surface area contributed by atoms with Crippen LogP contribution in [0.4, 0.5) is 0 Å². The Morgan fingerprint density at radius 3 is 2.82 bits per heavy atom. The summed E-state index contributed by atoms with van der Waals surface area (Å²) in [6, 6.07) is 6.35. The molecule has 90 valence electrons. The number of hydrogen-bond acceptors (Lipinski definition) is 2. The molecular formula is C14H19N3. The van der Waals surface area contributed by atoms with Gasteiger partial charge in [-0.1, -0.05) is 19.1 Å². The van der Waals surface area contributed by atoms with Crippen LogP contribution in [0.2, 0.25) is 0 Å². The maximum Gasteiger partial charge on any atom is 0.113 e. The van der Waals surface area contributed by atoms with Crippen molar-refractivity contribution >= 4 is 0 Å². The second-order valence-electron chi connectivity index (χ2n) is 4.29. The van der Waals surface area contributed by atoms with Crippen LogP contribution in [-0.2, 0) is 13.0 Å². The van der Waals surface area contributed by atoms with Crippen molar-refractivity contribution in [3.63, 3.8) is 0 Å². The van der Waals surface area contributed by atoms with Gasteiger partial charge >= 0.3 is 0 Å². The zero-order chi connectivity index (χ0) is 12.3. The fourth-order valence-electron chi connectivity index (χ4n) is 2.08. The Kier molecular flexibility index (Phi) is 3.59. The Labute approximate surface area is 102 Å². The molecule has 0 saturated heterocycles. The third kappa shape index (κ3) is 2.39. The van der Waals surface area contributed by atoms with E-state index in [1.54, 1.807) is 0 Å². The summed E-state index contributed by atoms with van der Waals surface area (Å²) in [5.41, 5.74) is 9.25. The summed E-state index contributed by atoms with van der Waals surface area (Å²) in [7, 11) is 0. The number of hydrogen-bond donors (Lipinski definition) is 1. The standard InChI is InChI=1S/C14H19N3/c1-3-4-14-16-7-8-17(14)13-6-5-12(10-15)9-11(13)2/h5-9H,3-4,10,15H2,1-2H3. The van der Waals surface area contributed by atoms with Crippen LogP contribution < -0.4 is 5.73 Å². The molecule has 1 aromatic carbocycles. The lowest BCUT2D eigenvalue weighted by Gasteiger charge is -2.11. The van der Waals surface area contributed by atoms with Gasteiger partial charge in [0.05, 0.1) is 0 Å². The predicted octanol–water partition coefficient (Wildman–Crippen LogP) is 2.59. The molecule has 0 aliphatic rings. The van der Waals surface area contributed by atoms with Crippen molar-refractivity contribution in [1.29, 1.82) is 0 Å². The van der Waals surface area contributed by atoms with E-state index >= 15 is 0 Å². The molecule has 0 fully saturated rings. The molecule has 0 amide bonds. The molecule has 17 heavy (non-hydrogen) atoms. The van der Waals surface area contributed by atoms with Crippen LogP contribution in [0, 0.1) is 6.92 Å². The minimum absolute atomic E-state index is 0.590. The summed E-state index contributed by atoms with van der Waals surface area (Å²) in [6.45, 7) is 4.88. The van der Waals surface area contributed by atoms with Crippen molar-refractivity contribution in [2.75, 3.05) is 0 Å². The third-order valence-corrected chi connectivity index (χ3v) is 2.95. The largest absolute Gasteiger partial charge is 0.326 e. The third-order valence-electron chi connectivity index (χ3n) is 2.95. The highest BCUT2D eigenvalue weighted by Gasteiger charge is 2.06. The smallest absolute Gasteiger partial charge is 0.113 e. The van der Waals surface area contributed by atoms with E-state index in [4.69, 9.17) is 5.73 Å². The minimum Gasteiger partial charge on any atom is -0.326 e. The van der Waals surface area contributed by atoms with E-state index in [0.717, 1.165) is 18.7 Å². The van der Waals surface area contributed by atoms with Gasteiger partial charge in [-0.05, 0) is 30.5 Å². The van der Waals surface area contributed by atoms with E-state index < -0.39 is 0 Å². The summed E-state index contributed by atoms with van der Waals surface area (Å²) >= 11 is 0. The van der Waals surface area contributed by atoms with Crippen molar-refractivity contribution < 1.29 is 0 Å². The van der Waals surface area contributed by atoms with Gasteiger partial charge in [-0.3, -0.25) is 0 Å². The summed E-state index contributed by atoms with van der Waals surface area (Å²) in [5, 5.41) is 0. The van der Waals surface area contributed by atoms with Crippen LogP contribution in [0.15, 0.2) is 30.6 Å². The van der Waals surface area contributed by atoms with Gasteiger partial charge in [0.25, 0.3) is 0 Å². The number of aromatic nitrogens is 2. The number of nitrogens with zero attached hydrogens (tertiary/aromatic N) is 2. The highest BCUT2D eigenvalue weighted by Crippen LogP contribution is 2.18.